The molecule has 2 aromatic rings. The van der Waals surface area contributed by atoms with Crippen molar-refractivity contribution in [2.24, 2.45) is 0 Å². The Balaban J connectivity index is 1.73. The quantitative estimate of drug-likeness (QED) is 0.590. The molecule has 0 aliphatic rings. The van der Waals surface area contributed by atoms with E-state index in [4.69, 9.17) is 16.3 Å². The fraction of sp³-hybridized carbons (Fsp3) is 0.158. The highest BCUT2D eigenvalue weighted by atomic mass is 35.5. The Morgan fingerprint density at radius 1 is 1.08 bits per heavy atom. The predicted molar refractivity (Wildman–Crippen MR) is 98.8 cm³/mol. The lowest BCUT2D eigenvalue weighted by molar-refractivity contribution is -0.116. The van der Waals surface area contributed by atoms with E-state index in [1.807, 2.05) is 0 Å². The van der Waals surface area contributed by atoms with Gasteiger partial charge in [0.1, 0.15) is 12.4 Å². The molecule has 25 heavy (non-hydrogen) atoms. The highest BCUT2D eigenvalue weighted by Crippen LogP contribution is 2.15. The van der Waals surface area contributed by atoms with Crippen LogP contribution in [-0.4, -0.2) is 32.0 Å². The van der Waals surface area contributed by atoms with Crippen LogP contribution in [0.4, 0.5) is 0 Å². The maximum Gasteiger partial charge on any atom is 0.251 e. The molecule has 0 radical (unpaired) electrons. The third-order valence-corrected chi connectivity index (χ3v) is 3.56. The molecule has 0 spiro atoms. The van der Waals surface area contributed by atoms with Gasteiger partial charge < -0.3 is 15.4 Å². The van der Waals surface area contributed by atoms with Gasteiger partial charge in [0.25, 0.3) is 5.91 Å². The summed E-state index contributed by atoms with van der Waals surface area (Å²) in [5.74, 6) is 0.342. The summed E-state index contributed by atoms with van der Waals surface area (Å²) >= 11 is 5.79. The van der Waals surface area contributed by atoms with Crippen molar-refractivity contribution in [3.05, 3.63) is 70.8 Å². The molecule has 2 N–H and O–H groups in total. The Hall–Kier alpha value is -2.79. The first-order valence-corrected chi connectivity index (χ1v) is 8.12. The molecule has 0 aromatic heterocycles. The first-order valence-electron chi connectivity index (χ1n) is 7.75. The second-order valence-electron chi connectivity index (χ2n) is 5.13. The van der Waals surface area contributed by atoms with Crippen LogP contribution in [-0.2, 0) is 4.79 Å². The Morgan fingerprint density at radius 3 is 2.40 bits per heavy atom. The topological polar surface area (TPSA) is 67.4 Å². The molecule has 5 nitrogen and oxygen atoms in total. The zero-order chi connectivity index (χ0) is 18.1. The van der Waals surface area contributed by atoms with E-state index >= 15 is 0 Å². The molecule has 2 aromatic carbocycles. The van der Waals surface area contributed by atoms with Crippen molar-refractivity contribution in [2.75, 3.05) is 20.2 Å². The van der Waals surface area contributed by atoms with Crippen LogP contribution < -0.4 is 15.4 Å². The lowest BCUT2D eigenvalue weighted by atomic mass is 10.1. The van der Waals surface area contributed by atoms with Crippen LogP contribution >= 0.6 is 11.6 Å². The Labute approximate surface area is 151 Å². The van der Waals surface area contributed by atoms with E-state index in [2.05, 4.69) is 10.6 Å². The first-order chi connectivity index (χ1) is 12.1. The summed E-state index contributed by atoms with van der Waals surface area (Å²) in [5.41, 5.74) is 1.41. The number of halogens is 1. The number of nitrogens with one attached hydrogen (secondary N) is 2. The first kappa shape index (κ1) is 18.5. The average molecular weight is 359 g/mol. The molecule has 0 aliphatic carbocycles. The second-order valence-corrected chi connectivity index (χ2v) is 5.56. The van der Waals surface area contributed by atoms with Crippen molar-refractivity contribution in [3.8, 4) is 5.75 Å². The molecule has 6 heteroatoms. The summed E-state index contributed by atoms with van der Waals surface area (Å²) in [4.78, 5) is 23.2. The van der Waals surface area contributed by atoms with Gasteiger partial charge in [0.05, 0.1) is 6.54 Å². The maximum absolute atomic E-state index is 11.8. The number of carbonyl (C=O) groups excluding carboxylic acids is 2. The summed E-state index contributed by atoms with van der Waals surface area (Å²) in [6.07, 6.45) is 3.13. The maximum atomic E-state index is 11.8. The number of benzene rings is 2. The van der Waals surface area contributed by atoms with Crippen molar-refractivity contribution in [1.82, 2.24) is 10.6 Å². The van der Waals surface area contributed by atoms with Gasteiger partial charge in [-0.15, -0.1) is 0 Å². The molecule has 0 saturated carbocycles. The Morgan fingerprint density at radius 2 is 1.76 bits per heavy atom. The van der Waals surface area contributed by atoms with Crippen LogP contribution in [0.25, 0.3) is 6.08 Å². The Kier molecular flexibility index (Phi) is 7.04. The summed E-state index contributed by atoms with van der Waals surface area (Å²) < 4.78 is 5.49. The van der Waals surface area contributed by atoms with Crippen LogP contribution in [0.2, 0.25) is 5.02 Å². The lowest BCUT2D eigenvalue weighted by Gasteiger charge is -2.06. The highest BCUT2D eigenvalue weighted by Gasteiger charge is 2.01. The van der Waals surface area contributed by atoms with Crippen molar-refractivity contribution in [1.29, 1.82) is 0 Å². The molecule has 0 heterocycles. The van der Waals surface area contributed by atoms with Crippen LogP contribution in [0.5, 0.6) is 5.75 Å². The minimum Gasteiger partial charge on any atom is -0.492 e. The van der Waals surface area contributed by atoms with Crippen molar-refractivity contribution in [2.45, 2.75) is 0 Å². The van der Waals surface area contributed by atoms with Gasteiger partial charge >= 0.3 is 0 Å². The number of ether oxygens (including phenoxy) is 1. The highest BCUT2D eigenvalue weighted by molar-refractivity contribution is 6.30. The number of carbonyl (C=O) groups is 2. The molecule has 0 bridgehead atoms. The molecule has 130 valence electrons. The summed E-state index contributed by atoms with van der Waals surface area (Å²) in [5, 5.41) is 5.93. The van der Waals surface area contributed by atoms with E-state index in [-0.39, 0.29) is 11.8 Å². The monoisotopic (exact) mass is 358 g/mol. The average Bonchev–Trinajstić information content (AvgIpc) is 2.64. The van der Waals surface area contributed by atoms with Crippen LogP contribution in [0, 0.1) is 0 Å². The summed E-state index contributed by atoms with van der Waals surface area (Å²) in [6.45, 7) is 0.753. The molecule has 0 saturated heterocycles. The van der Waals surface area contributed by atoms with Gasteiger partial charge in [-0.05, 0) is 48.0 Å². The van der Waals surface area contributed by atoms with Crippen LogP contribution in [0.15, 0.2) is 54.6 Å². The van der Waals surface area contributed by atoms with Gasteiger partial charge in [-0.2, -0.15) is 0 Å². The van der Waals surface area contributed by atoms with Crippen LogP contribution in [0.1, 0.15) is 15.9 Å². The van der Waals surface area contributed by atoms with Gasteiger partial charge in [-0.25, -0.2) is 0 Å². The smallest absolute Gasteiger partial charge is 0.251 e. The third kappa shape index (κ3) is 6.31. The van der Waals surface area contributed by atoms with Gasteiger partial charge in [0, 0.05) is 23.7 Å². The van der Waals surface area contributed by atoms with Gasteiger partial charge in [-0.1, -0.05) is 23.7 Å². The van der Waals surface area contributed by atoms with E-state index in [0.29, 0.717) is 29.5 Å². The van der Waals surface area contributed by atoms with E-state index in [9.17, 15) is 9.59 Å². The summed E-state index contributed by atoms with van der Waals surface area (Å²) in [6, 6.07) is 14.0. The lowest BCUT2D eigenvalue weighted by Crippen LogP contribution is -2.26. The van der Waals surface area contributed by atoms with E-state index in [1.54, 1.807) is 61.7 Å². The van der Waals surface area contributed by atoms with Gasteiger partial charge in [0.15, 0.2) is 0 Å². The fourth-order valence-electron chi connectivity index (χ4n) is 1.99. The van der Waals surface area contributed by atoms with Crippen molar-refractivity contribution >= 4 is 29.5 Å². The Bertz CT molecular complexity index is 740. The zero-order valence-electron chi connectivity index (χ0n) is 13.8. The molecule has 2 rings (SSSR count). The standard InChI is InChI=1S/C19H19ClN2O3/c1-21-19(24)15-5-2-14(3-6-15)4-11-18(23)22-12-13-25-17-9-7-16(20)8-10-17/h2-11H,12-13H2,1H3,(H,21,24)(H,22,23)/b11-4+. The number of hydrogen-bond donors (Lipinski definition) is 2. The molecular formula is C19H19ClN2O3. The molecule has 0 atom stereocenters. The van der Waals surface area contributed by atoms with E-state index < -0.39 is 0 Å². The van der Waals surface area contributed by atoms with E-state index in [1.165, 1.54) is 6.08 Å². The number of amides is 2. The minimum absolute atomic E-state index is 0.144. The van der Waals surface area contributed by atoms with Crippen molar-refractivity contribution in [3.63, 3.8) is 0 Å². The normalized spacial score (nSPS) is 10.5. The van der Waals surface area contributed by atoms with Gasteiger partial charge in [0.2, 0.25) is 5.91 Å². The summed E-state index contributed by atoms with van der Waals surface area (Å²) in [7, 11) is 1.58. The largest absolute Gasteiger partial charge is 0.492 e. The third-order valence-electron chi connectivity index (χ3n) is 3.31. The zero-order valence-corrected chi connectivity index (χ0v) is 14.5. The number of hydrogen-bond acceptors (Lipinski definition) is 3. The molecule has 0 fully saturated rings. The molecule has 2 amide bonds. The van der Waals surface area contributed by atoms with Gasteiger partial charge in [-0.3, -0.25) is 9.59 Å². The fourth-order valence-corrected chi connectivity index (χ4v) is 2.12. The van der Waals surface area contributed by atoms with Crippen LogP contribution in [0.3, 0.4) is 0 Å². The number of rotatable bonds is 7. The molecule has 0 aliphatic heterocycles. The molecule has 0 unspecified atom stereocenters. The SMILES string of the molecule is CNC(=O)c1ccc(/C=C/C(=O)NCCOc2ccc(Cl)cc2)cc1. The second kappa shape index (κ2) is 9.49. The molecular weight excluding hydrogens is 340 g/mol. The minimum atomic E-state index is -0.213. The predicted octanol–water partition coefficient (Wildman–Crippen LogP) is 2.91. The van der Waals surface area contributed by atoms with Crippen molar-refractivity contribution < 1.29 is 14.3 Å². The van der Waals surface area contributed by atoms with E-state index in [0.717, 1.165) is 5.56 Å².